The summed E-state index contributed by atoms with van der Waals surface area (Å²) in [4.78, 5) is 28.8. The average molecular weight is 424 g/mol. The van der Waals surface area contributed by atoms with E-state index >= 15 is 0 Å². The quantitative estimate of drug-likeness (QED) is 0.610. The van der Waals surface area contributed by atoms with E-state index < -0.39 is 29.3 Å². The second-order valence-electron chi connectivity index (χ2n) is 7.53. The first-order chi connectivity index (χ1) is 15.0. The minimum atomic E-state index is -0.754. The predicted molar refractivity (Wildman–Crippen MR) is 118 cm³/mol. The van der Waals surface area contributed by atoms with Crippen LogP contribution in [0.15, 0.2) is 72.0 Å². The number of ketones is 1. The minimum Gasteiger partial charge on any atom is -0.503 e. The number of amides is 1. The first kappa shape index (κ1) is 22.4. The summed E-state index contributed by atoms with van der Waals surface area (Å²) in [7, 11) is 0. The highest BCUT2D eigenvalue weighted by atomic mass is 19.1. The molecule has 0 aromatic heterocycles. The van der Waals surface area contributed by atoms with Gasteiger partial charge in [0.05, 0.1) is 37.8 Å². The zero-order chi connectivity index (χ0) is 22.4. The van der Waals surface area contributed by atoms with Crippen LogP contribution in [-0.4, -0.2) is 47.9 Å². The van der Waals surface area contributed by atoms with Crippen LogP contribution in [0, 0.1) is 5.82 Å². The van der Waals surface area contributed by atoms with Gasteiger partial charge >= 0.3 is 0 Å². The summed E-state index contributed by atoms with van der Waals surface area (Å²) in [5.74, 6) is -1.96. The van der Waals surface area contributed by atoms with Gasteiger partial charge < -0.3 is 14.9 Å². The molecule has 2 aromatic rings. The van der Waals surface area contributed by atoms with Crippen LogP contribution in [0.5, 0.6) is 0 Å². The fourth-order valence-electron chi connectivity index (χ4n) is 3.84. The molecule has 0 bridgehead atoms. The third-order valence-electron chi connectivity index (χ3n) is 5.69. The summed E-state index contributed by atoms with van der Waals surface area (Å²) >= 11 is 0. The Morgan fingerprint density at radius 3 is 2.35 bits per heavy atom. The maximum absolute atomic E-state index is 13.5. The third kappa shape index (κ3) is 5.09. The van der Waals surface area contributed by atoms with E-state index in [1.165, 1.54) is 28.0 Å². The number of allylic oxidation sites excluding steroid dienone is 1. The highest BCUT2D eigenvalue weighted by Crippen LogP contribution is 2.37. The van der Waals surface area contributed by atoms with Crippen LogP contribution in [0.25, 0.3) is 6.08 Å². The topological polar surface area (TPSA) is 62.1 Å². The van der Waals surface area contributed by atoms with Crippen LogP contribution < -0.4 is 4.90 Å². The van der Waals surface area contributed by atoms with E-state index in [1.54, 1.807) is 18.2 Å². The zero-order valence-electron chi connectivity index (χ0n) is 17.8. The Bertz CT molecular complexity index is 980. The van der Waals surface area contributed by atoms with Crippen molar-refractivity contribution < 1.29 is 24.0 Å². The molecule has 2 aromatic carbocycles. The molecule has 1 atom stereocenters. The number of quaternary nitrogens is 1. The molecule has 6 heteroatoms. The monoisotopic (exact) mass is 423 g/mol. The molecule has 0 saturated carbocycles. The van der Waals surface area contributed by atoms with Gasteiger partial charge in [-0.05, 0) is 43.2 Å². The number of hydrogen-bond acceptors (Lipinski definition) is 3. The lowest BCUT2D eigenvalue weighted by molar-refractivity contribution is -0.895. The van der Waals surface area contributed by atoms with Gasteiger partial charge in [-0.1, -0.05) is 48.5 Å². The van der Waals surface area contributed by atoms with Crippen molar-refractivity contribution in [2.24, 2.45) is 0 Å². The van der Waals surface area contributed by atoms with Crippen molar-refractivity contribution in [1.29, 1.82) is 0 Å². The van der Waals surface area contributed by atoms with Crippen LogP contribution in [0.2, 0.25) is 0 Å². The molecule has 0 spiro atoms. The van der Waals surface area contributed by atoms with Crippen LogP contribution >= 0.6 is 0 Å². The first-order valence-corrected chi connectivity index (χ1v) is 10.6. The van der Waals surface area contributed by atoms with Gasteiger partial charge in [-0.15, -0.1) is 0 Å². The molecule has 1 amide bonds. The van der Waals surface area contributed by atoms with Gasteiger partial charge in [0, 0.05) is 0 Å². The highest BCUT2D eigenvalue weighted by molar-refractivity contribution is 6.14. The molecule has 0 fully saturated rings. The van der Waals surface area contributed by atoms with E-state index in [0.29, 0.717) is 18.7 Å². The Kier molecular flexibility index (Phi) is 7.36. The minimum absolute atomic E-state index is 0.0262. The van der Waals surface area contributed by atoms with E-state index in [4.69, 9.17) is 0 Å². The smallest absolute Gasteiger partial charge is 0.290 e. The Hall–Kier alpha value is -3.25. The summed E-state index contributed by atoms with van der Waals surface area (Å²) in [5, 5.41) is 10.6. The molecule has 0 radical (unpaired) electrons. The number of carbonyl (C=O) groups is 2. The lowest BCUT2D eigenvalue weighted by Crippen LogP contribution is -3.12. The van der Waals surface area contributed by atoms with Gasteiger partial charge in [0.25, 0.3) is 5.91 Å². The van der Waals surface area contributed by atoms with E-state index in [-0.39, 0.29) is 5.57 Å². The molecule has 2 N–H and O–H groups in total. The summed E-state index contributed by atoms with van der Waals surface area (Å²) in [6.45, 7) is 7.02. The Morgan fingerprint density at radius 2 is 1.74 bits per heavy atom. The van der Waals surface area contributed by atoms with E-state index in [0.717, 1.165) is 18.7 Å². The van der Waals surface area contributed by atoms with Crippen LogP contribution in [0.4, 0.5) is 4.39 Å². The number of carbonyl (C=O) groups excluding carboxylic acids is 2. The number of halogens is 1. The van der Waals surface area contributed by atoms with Crippen molar-refractivity contribution in [3.05, 3.63) is 88.9 Å². The standard InChI is InChI=1S/C25H27FN2O3/c1-3-27(4-2)16-17-28-23(19-11-13-20(26)14-12-19)22(24(30)25(28)31)21(29)15-10-18-8-6-5-7-9-18/h5-15,23,30H,3-4,16-17H2,1-2H3/p+1/b15-10+/t23-/m0/s1. The fraction of sp³-hybridized carbons (Fsp3) is 0.280. The number of nitrogens with zero attached hydrogens (tertiary/aromatic N) is 1. The molecular formula is C25H28FN2O3+. The first-order valence-electron chi connectivity index (χ1n) is 10.6. The summed E-state index contributed by atoms with van der Waals surface area (Å²) in [6.07, 6.45) is 3.02. The number of likely N-dealkylation sites (N-methyl/N-ethyl adjacent to an activating group) is 1. The van der Waals surface area contributed by atoms with Gasteiger partial charge in [0.15, 0.2) is 11.5 Å². The van der Waals surface area contributed by atoms with Crippen molar-refractivity contribution in [2.45, 2.75) is 19.9 Å². The van der Waals surface area contributed by atoms with Crippen LogP contribution in [-0.2, 0) is 9.59 Å². The lowest BCUT2D eigenvalue weighted by Gasteiger charge is -2.28. The van der Waals surface area contributed by atoms with Gasteiger partial charge in [-0.25, -0.2) is 4.39 Å². The van der Waals surface area contributed by atoms with Crippen molar-refractivity contribution in [3.8, 4) is 0 Å². The summed E-state index contributed by atoms with van der Waals surface area (Å²) < 4.78 is 13.5. The molecule has 0 unspecified atom stereocenters. The number of aliphatic hydroxyl groups excluding tert-OH is 1. The number of rotatable bonds is 9. The van der Waals surface area contributed by atoms with Crippen molar-refractivity contribution in [2.75, 3.05) is 26.2 Å². The number of nitrogens with one attached hydrogen (secondary N) is 1. The normalized spacial score (nSPS) is 16.7. The maximum atomic E-state index is 13.5. The average Bonchev–Trinajstić information content (AvgIpc) is 3.04. The summed E-state index contributed by atoms with van der Waals surface area (Å²) in [6, 6.07) is 14.3. The SMILES string of the molecule is CC[NH+](CC)CCN1C(=O)C(O)=C(C(=O)/C=C/c2ccccc2)[C@@H]1c1ccc(F)cc1. The van der Waals surface area contributed by atoms with Crippen molar-refractivity contribution in [3.63, 3.8) is 0 Å². The molecule has 0 saturated heterocycles. The zero-order valence-corrected chi connectivity index (χ0v) is 17.8. The van der Waals surface area contributed by atoms with Crippen molar-refractivity contribution >= 4 is 17.8 Å². The van der Waals surface area contributed by atoms with Crippen LogP contribution in [0.3, 0.4) is 0 Å². The van der Waals surface area contributed by atoms with Gasteiger partial charge in [0.2, 0.25) is 0 Å². The molecule has 162 valence electrons. The number of hydrogen-bond donors (Lipinski definition) is 2. The Labute approximate surface area is 182 Å². The van der Waals surface area contributed by atoms with E-state index in [2.05, 4.69) is 13.8 Å². The largest absolute Gasteiger partial charge is 0.503 e. The predicted octanol–water partition coefficient (Wildman–Crippen LogP) is 2.73. The molecule has 1 aliphatic rings. The molecule has 0 aliphatic carbocycles. The van der Waals surface area contributed by atoms with Gasteiger partial charge in [-0.2, -0.15) is 0 Å². The number of aliphatic hydroxyl groups is 1. The molecule has 1 heterocycles. The molecule has 5 nitrogen and oxygen atoms in total. The second-order valence-corrected chi connectivity index (χ2v) is 7.53. The molecule has 1 aliphatic heterocycles. The van der Waals surface area contributed by atoms with Gasteiger partial charge in [0.1, 0.15) is 5.82 Å². The molecule has 3 rings (SSSR count). The fourth-order valence-corrected chi connectivity index (χ4v) is 3.84. The highest BCUT2D eigenvalue weighted by Gasteiger charge is 2.43. The molecular weight excluding hydrogens is 395 g/mol. The van der Waals surface area contributed by atoms with Crippen LogP contribution in [0.1, 0.15) is 31.0 Å². The van der Waals surface area contributed by atoms with E-state index in [1.807, 2.05) is 30.3 Å². The third-order valence-corrected chi connectivity index (χ3v) is 5.69. The Balaban J connectivity index is 1.94. The Morgan fingerprint density at radius 1 is 1.10 bits per heavy atom. The second kappa shape index (κ2) is 10.2. The van der Waals surface area contributed by atoms with E-state index in [9.17, 15) is 19.1 Å². The number of benzene rings is 2. The molecule has 31 heavy (non-hydrogen) atoms. The summed E-state index contributed by atoms with van der Waals surface area (Å²) in [5.41, 5.74) is 1.45. The maximum Gasteiger partial charge on any atom is 0.290 e. The lowest BCUT2D eigenvalue weighted by atomic mass is 9.95. The van der Waals surface area contributed by atoms with Gasteiger partial charge in [-0.3, -0.25) is 9.59 Å². The van der Waals surface area contributed by atoms with Crippen molar-refractivity contribution in [1.82, 2.24) is 4.90 Å².